The Kier molecular flexibility index (Phi) is 3.93. The number of nitrogens with one attached hydrogen (secondary N) is 1. The van der Waals surface area contributed by atoms with Gasteiger partial charge in [0.1, 0.15) is 23.9 Å². The highest BCUT2D eigenvalue weighted by molar-refractivity contribution is 5.93. The van der Waals surface area contributed by atoms with Crippen LogP contribution in [0.25, 0.3) is 0 Å². The van der Waals surface area contributed by atoms with Crippen molar-refractivity contribution in [1.82, 2.24) is 9.88 Å². The molecule has 92 valence electrons. The minimum atomic E-state index is -0.0324. The first kappa shape index (κ1) is 11.9. The van der Waals surface area contributed by atoms with Crippen LogP contribution in [0.1, 0.15) is 18.5 Å². The van der Waals surface area contributed by atoms with Crippen molar-refractivity contribution >= 4 is 5.84 Å². The highest BCUT2D eigenvalue weighted by atomic mass is 16.5. The highest BCUT2D eigenvalue weighted by Gasteiger charge is 2.10. The summed E-state index contributed by atoms with van der Waals surface area (Å²) in [5.41, 5.74) is 5.83. The molecule has 0 aromatic carbocycles. The van der Waals surface area contributed by atoms with Crippen LogP contribution in [0, 0.1) is 5.41 Å². The van der Waals surface area contributed by atoms with Gasteiger partial charge in [0.05, 0.1) is 0 Å². The number of pyridine rings is 1. The van der Waals surface area contributed by atoms with Crippen LogP contribution in [0.3, 0.4) is 0 Å². The van der Waals surface area contributed by atoms with Gasteiger partial charge >= 0.3 is 0 Å². The molecule has 0 bridgehead atoms. The summed E-state index contributed by atoms with van der Waals surface area (Å²) in [5, 5.41) is 7.30. The van der Waals surface area contributed by atoms with Gasteiger partial charge in [0.2, 0.25) is 0 Å². The fourth-order valence-electron chi connectivity index (χ4n) is 1.95. The molecule has 1 aliphatic rings. The molecule has 1 fully saturated rings. The lowest BCUT2D eigenvalue weighted by molar-refractivity contribution is 0.237. The van der Waals surface area contributed by atoms with Gasteiger partial charge < -0.3 is 10.5 Å². The summed E-state index contributed by atoms with van der Waals surface area (Å²) in [6.07, 6.45) is 4.20. The van der Waals surface area contributed by atoms with E-state index in [1.807, 2.05) is 0 Å². The molecular formula is C12H18N4O. The molecule has 0 amide bonds. The molecule has 1 aromatic rings. The summed E-state index contributed by atoms with van der Waals surface area (Å²) in [4.78, 5) is 6.38. The number of nitrogens with two attached hydrogens (primary N) is 1. The number of likely N-dealkylation sites (tertiary alicyclic amines) is 1. The number of rotatable bonds is 5. The van der Waals surface area contributed by atoms with Gasteiger partial charge in [0.25, 0.3) is 0 Å². The third-order valence-corrected chi connectivity index (χ3v) is 2.88. The molecule has 2 rings (SSSR count). The first-order valence-corrected chi connectivity index (χ1v) is 5.91. The summed E-state index contributed by atoms with van der Waals surface area (Å²) in [5.74, 6) is 0.694. The Morgan fingerprint density at radius 2 is 2.24 bits per heavy atom. The second-order valence-electron chi connectivity index (χ2n) is 4.19. The number of ether oxygens (including phenoxy) is 1. The number of nitrogens with zero attached hydrogens (tertiary/aromatic N) is 2. The van der Waals surface area contributed by atoms with E-state index in [2.05, 4.69) is 9.88 Å². The van der Waals surface area contributed by atoms with Crippen molar-refractivity contribution in [3.63, 3.8) is 0 Å². The fraction of sp³-hybridized carbons (Fsp3) is 0.500. The zero-order valence-corrected chi connectivity index (χ0v) is 9.85. The molecule has 2 heterocycles. The van der Waals surface area contributed by atoms with E-state index in [0.717, 1.165) is 12.3 Å². The van der Waals surface area contributed by atoms with Gasteiger partial charge in [-0.15, -0.1) is 0 Å². The van der Waals surface area contributed by atoms with Crippen molar-refractivity contribution in [3.05, 3.63) is 24.0 Å². The quantitative estimate of drug-likeness (QED) is 0.585. The van der Waals surface area contributed by atoms with Crippen molar-refractivity contribution < 1.29 is 4.74 Å². The van der Waals surface area contributed by atoms with Gasteiger partial charge in [-0.25, -0.2) is 0 Å². The summed E-state index contributed by atoms with van der Waals surface area (Å²) in [7, 11) is 0. The lowest BCUT2D eigenvalue weighted by Crippen LogP contribution is -2.25. The predicted molar refractivity (Wildman–Crippen MR) is 66.4 cm³/mol. The molecule has 5 nitrogen and oxygen atoms in total. The number of hydrogen-bond acceptors (Lipinski definition) is 4. The van der Waals surface area contributed by atoms with E-state index in [9.17, 15) is 0 Å². The zero-order chi connectivity index (χ0) is 12.1. The Balaban J connectivity index is 1.81. The Labute approximate surface area is 101 Å². The largest absolute Gasteiger partial charge is 0.492 e. The van der Waals surface area contributed by atoms with Crippen molar-refractivity contribution in [2.75, 3.05) is 26.2 Å². The summed E-state index contributed by atoms with van der Waals surface area (Å²) in [6.45, 7) is 3.98. The van der Waals surface area contributed by atoms with E-state index in [1.165, 1.54) is 25.9 Å². The Morgan fingerprint density at radius 1 is 1.47 bits per heavy atom. The molecule has 1 saturated heterocycles. The van der Waals surface area contributed by atoms with E-state index in [-0.39, 0.29) is 5.84 Å². The lowest BCUT2D eigenvalue weighted by Gasteiger charge is -2.14. The van der Waals surface area contributed by atoms with Gasteiger partial charge in [-0.1, -0.05) is 0 Å². The Morgan fingerprint density at radius 3 is 2.94 bits per heavy atom. The van der Waals surface area contributed by atoms with Crippen LogP contribution < -0.4 is 10.5 Å². The zero-order valence-electron chi connectivity index (χ0n) is 9.85. The Bertz CT molecular complexity index is 388. The molecule has 0 saturated carbocycles. The first-order chi connectivity index (χ1) is 8.25. The van der Waals surface area contributed by atoms with E-state index in [4.69, 9.17) is 15.9 Å². The smallest absolute Gasteiger partial charge is 0.141 e. The molecule has 17 heavy (non-hydrogen) atoms. The fourth-order valence-corrected chi connectivity index (χ4v) is 1.95. The number of amidine groups is 1. The predicted octanol–water partition coefficient (Wildman–Crippen LogP) is 0.840. The van der Waals surface area contributed by atoms with E-state index >= 15 is 0 Å². The van der Waals surface area contributed by atoms with Gasteiger partial charge in [-0.05, 0) is 32.0 Å². The van der Waals surface area contributed by atoms with Crippen LogP contribution >= 0.6 is 0 Å². The topological polar surface area (TPSA) is 75.2 Å². The monoisotopic (exact) mass is 234 g/mol. The average Bonchev–Trinajstić information content (AvgIpc) is 2.82. The van der Waals surface area contributed by atoms with Gasteiger partial charge in [0.15, 0.2) is 0 Å². The second-order valence-corrected chi connectivity index (χ2v) is 4.19. The molecule has 5 heteroatoms. The Hall–Kier alpha value is -1.62. The molecule has 0 spiro atoms. The maximum atomic E-state index is 7.30. The molecule has 0 radical (unpaired) electrons. The second kappa shape index (κ2) is 5.63. The van der Waals surface area contributed by atoms with Gasteiger partial charge in [-0.2, -0.15) is 0 Å². The average molecular weight is 234 g/mol. The molecule has 1 aliphatic heterocycles. The summed E-state index contributed by atoms with van der Waals surface area (Å²) >= 11 is 0. The standard InChI is InChI=1S/C12H18N4O/c13-12(14)11-9-10(3-4-15-11)17-8-7-16-5-1-2-6-16/h3-4,9H,1-2,5-8H2,(H3,13,14). The maximum absolute atomic E-state index is 7.30. The number of hydrogen-bond donors (Lipinski definition) is 2. The molecule has 1 aromatic heterocycles. The van der Waals surface area contributed by atoms with Crippen LogP contribution in [0.15, 0.2) is 18.3 Å². The highest BCUT2D eigenvalue weighted by Crippen LogP contribution is 2.11. The molecular weight excluding hydrogens is 216 g/mol. The van der Waals surface area contributed by atoms with Crippen LogP contribution in [-0.2, 0) is 0 Å². The number of aromatic nitrogens is 1. The van der Waals surface area contributed by atoms with E-state index in [0.29, 0.717) is 12.3 Å². The summed E-state index contributed by atoms with van der Waals surface area (Å²) in [6, 6.07) is 3.49. The third-order valence-electron chi connectivity index (χ3n) is 2.88. The van der Waals surface area contributed by atoms with E-state index < -0.39 is 0 Å². The van der Waals surface area contributed by atoms with Crippen molar-refractivity contribution in [2.24, 2.45) is 5.73 Å². The lowest BCUT2D eigenvalue weighted by atomic mass is 10.3. The third kappa shape index (κ3) is 3.42. The van der Waals surface area contributed by atoms with Crippen molar-refractivity contribution in [1.29, 1.82) is 5.41 Å². The normalized spacial score (nSPS) is 16.0. The van der Waals surface area contributed by atoms with Gasteiger partial charge in [0, 0.05) is 18.8 Å². The van der Waals surface area contributed by atoms with Crippen LogP contribution in [0.4, 0.5) is 0 Å². The van der Waals surface area contributed by atoms with E-state index in [1.54, 1.807) is 18.3 Å². The SMILES string of the molecule is N=C(N)c1cc(OCCN2CCCC2)ccn1. The molecule has 3 N–H and O–H groups in total. The van der Waals surface area contributed by atoms with Crippen LogP contribution in [0.5, 0.6) is 5.75 Å². The minimum Gasteiger partial charge on any atom is -0.492 e. The van der Waals surface area contributed by atoms with Gasteiger partial charge in [-0.3, -0.25) is 15.3 Å². The maximum Gasteiger partial charge on any atom is 0.141 e. The first-order valence-electron chi connectivity index (χ1n) is 5.91. The minimum absolute atomic E-state index is 0.0324. The molecule has 0 unspecified atom stereocenters. The number of nitrogen functional groups attached to an aromatic ring is 1. The summed E-state index contributed by atoms with van der Waals surface area (Å²) < 4.78 is 5.62. The van der Waals surface area contributed by atoms with Crippen molar-refractivity contribution in [3.8, 4) is 5.75 Å². The molecule has 0 atom stereocenters. The van der Waals surface area contributed by atoms with Crippen LogP contribution in [-0.4, -0.2) is 42.0 Å². The molecule has 0 aliphatic carbocycles. The van der Waals surface area contributed by atoms with Crippen molar-refractivity contribution in [2.45, 2.75) is 12.8 Å². The van der Waals surface area contributed by atoms with Crippen LogP contribution in [0.2, 0.25) is 0 Å².